The first-order valence-corrected chi connectivity index (χ1v) is 5.33. The Kier molecular flexibility index (Phi) is 3.06. The highest BCUT2D eigenvalue weighted by Crippen LogP contribution is 2.19. The molecule has 3 nitrogen and oxygen atoms in total. The largest absolute Gasteiger partial charge is 0.453 e. The number of fused-ring (bicyclic) bond motifs is 1. The molecule has 0 atom stereocenters. The average molecular weight is 217 g/mol. The lowest BCUT2D eigenvalue weighted by atomic mass is 10.2. The predicted molar refractivity (Wildman–Crippen MR) is 63.7 cm³/mol. The number of furan rings is 1. The second kappa shape index (κ2) is 4.49. The zero-order chi connectivity index (χ0) is 11.5. The van der Waals surface area contributed by atoms with Gasteiger partial charge in [0.25, 0.3) is 0 Å². The number of Topliss-reactive ketones (excluding diaryl/α,β-unsaturated/α-hetero) is 1. The Morgan fingerprint density at radius 1 is 1.31 bits per heavy atom. The van der Waals surface area contributed by atoms with Crippen LogP contribution in [0, 0.1) is 0 Å². The van der Waals surface area contributed by atoms with Gasteiger partial charge in [-0.1, -0.05) is 18.2 Å². The van der Waals surface area contributed by atoms with Crippen LogP contribution in [0.4, 0.5) is 0 Å². The van der Waals surface area contributed by atoms with Gasteiger partial charge in [-0.3, -0.25) is 4.79 Å². The van der Waals surface area contributed by atoms with E-state index in [4.69, 9.17) is 4.42 Å². The molecule has 84 valence electrons. The molecule has 1 aromatic carbocycles. The minimum atomic E-state index is 0.0601. The Morgan fingerprint density at radius 2 is 2.06 bits per heavy atom. The van der Waals surface area contributed by atoms with Gasteiger partial charge in [-0.15, -0.1) is 0 Å². The summed E-state index contributed by atoms with van der Waals surface area (Å²) < 4.78 is 5.49. The lowest BCUT2D eigenvalue weighted by Gasteiger charge is -2.06. The summed E-state index contributed by atoms with van der Waals surface area (Å²) in [5, 5.41) is 0.982. The van der Waals surface area contributed by atoms with Crippen molar-refractivity contribution in [2.24, 2.45) is 0 Å². The second-order valence-corrected chi connectivity index (χ2v) is 4.12. The number of para-hydroxylation sites is 1. The molecule has 0 saturated carbocycles. The quantitative estimate of drug-likeness (QED) is 0.738. The molecule has 0 aliphatic heterocycles. The minimum absolute atomic E-state index is 0.0601. The number of rotatable bonds is 4. The summed E-state index contributed by atoms with van der Waals surface area (Å²) in [4.78, 5) is 13.8. The van der Waals surface area contributed by atoms with E-state index < -0.39 is 0 Å². The van der Waals surface area contributed by atoms with Gasteiger partial charge in [-0.05, 0) is 26.2 Å². The maximum atomic E-state index is 11.8. The van der Waals surface area contributed by atoms with E-state index in [1.165, 1.54) is 0 Å². The fraction of sp³-hybridized carbons (Fsp3) is 0.308. The number of hydrogen-bond donors (Lipinski definition) is 0. The molecule has 0 amide bonds. The number of carbonyl (C=O) groups excluding carboxylic acids is 1. The monoisotopic (exact) mass is 217 g/mol. The van der Waals surface area contributed by atoms with Crippen LogP contribution >= 0.6 is 0 Å². The van der Waals surface area contributed by atoms with Crippen molar-refractivity contribution in [2.75, 3.05) is 20.6 Å². The summed E-state index contributed by atoms with van der Waals surface area (Å²) in [7, 11) is 3.90. The number of benzene rings is 1. The number of nitrogens with zero attached hydrogens (tertiary/aromatic N) is 1. The van der Waals surface area contributed by atoms with Gasteiger partial charge in [0.2, 0.25) is 0 Å². The lowest BCUT2D eigenvalue weighted by molar-refractivity contribution is 0.0947. The molecule has 0 spiro atoms. The van der Waals surface area contributed by atoms with Crippen LogP contribution in [-0.2, 0) is 0 Å². The third kappa shape index (κ3) is 2.31. The molecule has 1 aromatic heterocycles. The summed E-state index contributed by atoms with van der Waals surface area (Å²) in [6, 6.07) is 9.47. The zero-order valence-corrected chi connectivity index (χ0v) is 9.56. The standard InChI is InChI=1S/C13H15NO2/c1-14(2)8-7-11(15)13-9-10-5-3-4-6-12(10)16-13/h3-6,9H,7-8H2,1-2H3. The molecule has 1 heterocycles. The van der Waals surface area contributed by atoms with Crippen molar-refractivity contribution in [3.05, 3.63) is 36.1 Å². The summed E-state index contributed by atoms with van der Waals surface area (Å²) in [5.74, 6) is 0.521. The molecule has 0 aliphatic rings. The fourth-order valence-corrected chi connectivity index (χ4v) is 1.57. The third-order valence-corrected chi connectivity index (χ3v) is 2.49. The molecule has 2 rings (SSSR count). The van der Waals surface area contributed by atoms with E-state index in [0.29, 0.717) is 12.2 Å². The van der Waals surface area contributed by atoms with Crippen LogP contribution in [0.1, 0.15) is 17.0 Å². The SMILES string of the molecule is CN(C)CCC(=O)c1cc2ccccc2o1. The molecular weight excluding hydrogens is 202 g/mol. The molecule has 0 saturated heterocycles. The molecule has 0 unspecified atom stereocenters. The van der Waals surface area contributed by atoms with Gasteiger partial charge in [0.05, 0.1) is 0 Å². The van der Waals surface area contributed by atoms with Gasteiger partial charge in [0.1, 0.15) is 5.58 Å². The van der Waals surface area contributed by atoms with E-state index in [1.807, 2.05) is 49.3 Å². The molecule has 0 bridgehead atoms. The van der Waals surface area contributed by atoms with Crippen molar-refractivity contribution in [2.45, 2.75) is 6.42 Å². The van der Waals surface area contributed by atoms with Gasteiger partial charge in [0.15, 0.2) is 11.5 Å². The summed E-state index contributed by atoms with van der Waals surface area (Å²) >= 11 is 0. The molecular formula is C13H15NO2. The Morgan fingerprint density at radius 3 is 2.75 bits per heavy atom. The highest BCUT2D eigenvalue weighted by Gasteiger charge is 2.11. The van der Waals surface area contributed by atoms with Crippen molar-refractivity contribution >= 4 is 16.8 Å². The minimum Gasteiger partial charge on any atom is -0.453 e. The normalized spacial score (nSPS) is 11.2. The Bertz CT molecular complexity index is 466. The van der Waals surface area contributed by atoms with Crippen LogP contribution < -0.4 is 0 Å². The van der Waals surface area contributed by atoms with Crippen molar-refractivity contribution in [3.8, 4) is 0 Å². The first kappa shape index (κ1) is 10.9. The topological polar surface area (TPSA) is 33.5 Å². The fourth-order valence-electron chi connectivity index (χ4n) is 1.57. The first-order valence-electron chi connectivity index (χ1n) is 5.33. The summed E-state index contributed by atoms with van der Waals surface area (Å²) in [6.07, 6.45) is 0.493. The molecule has 0 aliphatic carbocycles. The molecule has 0 radical (unpaired) electrons. The highest BCUT2D eigenvalue weighted by atomic mass is 16.3. The van der Waals surface area contributed by atoms with E-state index in [9.17, 15) is 4.79 Å². The van der Waals surface area contributed by atoms with E-state index in [0.717, 1.165) is 17.5 Å². The van der Waals surface area contributed by atoms with Crippen molar-refractivity contribution in [1.29, 1.82) is 0 Å². The number of hydrogen-bond acceptors (Lipinski definition) is 3. The van der Waals surface area contributed by atoms with Crippen LogP contribution in [0.25, 0.3) is 11.0 Å². The molecule has 2 aromatic rings. The maximum Gasteiger partial charge on any atom is 0.199 e. The average Bonchev–Trinajstić information content (AvgIpc) is 2.69. The Balaban J connectivity index is 2.17. The second-order valence-electron chi connectivity index (χ2n) is 4.12. The van der Waals surface area contributed by atoms with Gasteiger partial charge in [-0.25, -0.2) is 0 Å². The highest BCUT2D eigenvalue weighted by molar-refractivity contribution is 5.97. The van der Waals surface area contributed by atoms with Crippen LogP contribution in [0.15, 0.2) is 34.7 Å². The predicted octanol–water partition coefficient (Wildman–Crippen LogP) is 2.57. The Labute approximate surface area is 94.7 Å². The van der Waals surface area contributed by atoms with Gasteiger partial charge >= 0.3 is 0 Å². The van der Waals surface area contributed by atoms with E-state index in [-0.39, 0.29) is 5.78 Å². The number of ketones is 1. The van der Waals surface area contributed by atoms with Gasteiger partial charge in [0, 0.05) is 18.4 Å². The van der Waals surface area contributed by atoms with Crippen molar-refractivity contribution in [3.63, 3.8) is 0 Å². The summed E-state index contributed by atoms with van der Waals surface area (Å²) in [5.41, 5.74) is 0.774. The molecule has 16 heavy (non-hydrogen) atoms. The zero-order valence-electron chi connectivity index (χ0n) is 9.56. The Hall–Kier alpha value is -1.61. The van der Waals surface area contributed by atoms with E-state index >= 15 is 0 Å². The van der Waals surface area contributed by atoms with Gasteiger partial charge < -0.3 is 9.32 Å². The summed E-state index contributed by atoms with van der Waals surface area (Å²) in [6.45, 7) is 0.746. The number of carbonyl (C=O) groups is 1. The maximum absolute atomic E-state index is 11.8. The van der Waals surface area contributed by atoms with Crippen LogP contribution in [0.2, 0.25) is 0 Å². The van der Waals surface area contributed by atoms with Crippen molar-refractivity contribution in [1.82, 2.24) is 4.90 Å². The molecule has 0 N–H and O–H groups in total. The molecule has 3 heteroatoms. The van der Waals surface area contributed by atoms with Crippen LogP contribution in [0.5, 0.6) is 0 Å². The van der Waals surface area contributed by atoms with Crippen LogP contribution in [0.3, 0.4) is 0 Å². The van der Waals surface area contributed by atoms with E-state index in [2.05, 4.69) is 0 Å². The van der Waals surface area contributed by atoms with Crippen LogP contribution in [-0.4, -0.2) is 31.3 Å². The first-order chi connectivity index (χ1) is 7.66. The van der Waals surface area contributed by atoms with Gasteiger partial charge in [-0.2, -0.15) is 0 Å². The third-order valence-electron chi connectivity index (χ3n) is 2.49. The smallest absolute Gasteiger partial charge is 0.199 e. The lowest BCUT2D eigenvalue weighted by Crippen LogP contribution is -2.16. The molecule has 0 fully saturated rings. The van der Waals surface area contributed by atoms with Crippen molar-refractivity contribution < 1.29 is 9.21 Å². The van der Waals surface area contributed by atoms with E-state index in [1.54, 1.807) is 0 Å².